The van der Waals surface area contributed by atoms with Crippen LogP contribution in [0.15, 0.2) is 36.7 Å². The van der Waals surface area contributed by atoms with Gasteiger partial charge in [0.05, 0.1) is 5.39 Å². The van der Waals surface area contributed by atoms with Crippen molar-refractivity contribution in [2.75, 3.05) is 5.32 Å². The molecule has 1 fully saturated rings. The number of nitrogens with zero attached hydrogens (tertiary/aromatic N) is 2. The van der Waals surface area contributed by atoms with Crippen LogP contribution in [0.4, 0.5) is 5.82 Å². The smallest absolute Gasteiger partial charge is 0.329 e. The van der Waals surface area contributed by atoms with Gasteiger partial charge in [0, 0.05) is 4.88 Å². The Morgan fingerprint density at radius 1 is 1.26 bits per heavy atom. The van der Waals surface area contributed by atoms with Gasteiger partial charge in [-0.2, -0.15) is 0 Å². The average Bonchev–Trinajstić information content (AvgIpc) is 3.19. The zero-order chi connectivity index (χ0) is 16.0. The van der Waals surface area contributed by atoms with Crippen LogP contribution in [0.25, 0.3) is 20.7 Å². The Balaban J connectivity index is 1.76. The van der Waals surface area contributed by atoms with Gasteiger partial charge in [-0.25, -0.2) is 14.8 Å². The summed E-state index contributed by atoms with van der Waals surface area (Å²) < 4.78 is 0. The number of thiophene rings is 1. The van der Waals surface area contributed by atoms with E-state index in [0.29, 0.717) is 18.7 Å². The normalized spacial score (nSPS) is 15.5. The molecule has 4 rings (SSSR count). The Bertz CT molecular complexity index is 898. The highest BCUT2D eigenvalue weighted by Crippen LogP contribution is 2.41. The lowest BCUT2D eigenvalue weighted by molar-refractivity contribution is -0.138. The molecule has 5 nitrogen and oxygen atoms in total. The zero-order valence-corrected chi connectivity index (χ0v) is 13.4. The second-order valence-electron chi connectivity index (χ2n) is 5.93. The van der Waals surface area contributed by atoms with Crippen molar-refractivity contribution in [2.45, 2.75) is 25.3 Å². The summed E-state index contributed by atoms with van der Waals surface area (Å²) in [5.41, 5.74) is 1.49. The average molecular weight is 325 g/mol. The molecule has 1 aliphatic carbocycles. The van der Waals surface area contributed by atoms with Gasteiger partial charge in [0.1, 0.15) is 22.5 Å². The molecule has 1 aromatic carbocycles. The van der Waals surface area contributed by atoms with Crippen molar-refractivity contribution >= 4 is 33.3 Å². The molecular weight excluding hydrogens is 310 g/mol. The highest BCUT2D eigenvalue weighted by molar-refractivity contribution is 7.21. The lowest BCUT2D eigenvalue weighted by Gasteiger charge is -2.13. The number of aliphatic carboxylic acids is 1. The number of aryl methyl sites for hydroxylation is 1. The standard InChI is InChI=1S/C17H15N3O2S/c1-10-2-4-11(5-3-10)13-8-12-14(18-9-19-15(12)23-13)20-17(6-7-17)16(21)22/h2-5,8-9H,6-7H2,1H3,(H,21,22)(H,18,19,20). The third-order valence-corrected chi connectivity index (χ3v) is 5.27. The Hall–Kier alpha value is -2.47. The minimum absolute atomic E-state index is 0.601. The van der Waals surface area contributed by atoms with Gasteiger partial charge < -0.3 is 10.4 Å². The summed E-state index contributed by atoms with van der Waals surface area (Å²) in [5.74, 6) is -0.220. The molecule has 0 bridgehead atoms. The van der Waals surface area contributed by atoms with E-state index in [1.54, 1.807) is 11.3 Å². The van der Waals surface area contributed by atoms with Gasteiger partial charge in [0.15, 0.2) is 0 Å². The van der Waals surface area contributed by atoms with Gasteiger partial charge in [-0.3, -0.25) is 0 Å². The predicted molar refractivity (Wildman–Crippen MR) is 90.8 cm³/mol. The van der Waals surface area contributed by atoms with E-state index in [4.69, 9.17) is 0 Å². The van der Waals surface area contributed by atoms with Crippen LogP contribution >= 0.6 is 11.3 Å². The summed E-state index contributed by atoms with van der Waals surface area (Å²) in [6.45, 7) is 2.06. The second kappa shape index (κ2) is 5.03. The maximum absolute atomic E-state index is 11.4. The third-order valence-electron chi connectivity index (χ3n) is 4.18. The van der Waals surface area contributed by atoms with Gasteiger partial charge in [-0.1, -0.05) is 29.8 Å². The number of anilines is 1. The van der Waals surface area contributed by atoms with Crippen molar-refractivity contribution in [3.63, 3.8) is 0 Å². The molecule has 0 amide bonds. The number of benzene rings is 1. The third kappa shape index (κ3) is 2.45. The first-order valence-electron chi connectivity index (χ1n) is 7.41. The number of fused-ring (bicyclic) bond motifs is 1. The molecule has 116 valence electrons. The molecule has 1 aliphatic rings. The van der Waals surface area contributed by atoms with Gasteiger partial charge in [-0.05, 0) is 31.4 Å². The SMILES string of the molecule is Cc1ccc(-c2cc3c(NC4(C(=O)O)CC4)ncnc3s2)cc1. The lowest BCUT2D eigenvalue weighted by atomic mass is 10.1. The predicted octanol–water partition coefficient (Wildman–Crippen LogP) is 3.70. The van der Waals surface area contributed by atoms with E-state index in [2.05, 4.69) is 46.5 Å². The van der Waals surface area contributed by atoms with Gasteiger partial charge in [0.25, 0.3) is 0 Å². The summed E-state index contributed by atoms with van der Waals surface area (Å²) in [7, 11) is 0. The topological polar surface area (TPSA) is 75.1 Å². The van der Waals surface area contributed by atoms with E-state index in [-0.39, 0.29) is 0 Å². The van der Waals surface area contributed by atoms with Crippen molar-refractivity contribution in [1.29, 1.82) is 0 Å². The molecule has 6 heteroatoms. The molecule has 23 heavy (non-hydrogen) atoms. The first kappa shape index (κ1) is 14.1. The summed E-state index contributed by atoms with van der Waals surface area (Å²) in [6.07, 6.45) is 2.74. The van der Waals surface area contributed by atoms with Gasteiger partial charge in [-0.15, -0.1) is 11.3 Å². The fraction of sp³-hybridized carbons (Fsp3) is 0.235. The molecule has 2 N–H and O–H groups in total. The molecule has 1 saturated carbocycles. The van der Waals surface area contributed by atoms with Crippen molar-refractivity contribution in [3.05, 3.63) is 42.2 Å². The number of nitrogens with one attached hydrogen (secondary N) is 1. The van der Waals surface area contributed by atoms with E-state index in [1.807, 2.05) is 6.07 Å². The molecule has 0 unspecified atom stereocenters. The van der Waals surface area contributed by atoms with Crippen LogP contribution in [-0.4, -0.2) is 26.6 Å². The molecule has 0 saturated heterocycles. The molecule has 0 aliphatic heterocycles. The lowest BCUT2D eigenvalue weighted by Crippen LogP contribution is -2.31. The van der Waals surface area contributed by atoms with Crippen molar-refractivity contribution in [2.24, 2.45) is 0 Å². The monoisotopic (exact) mass is 325 g/mol. The number of aromatic nitrogens is 2. The van der Waals surface area contributed by atoms with Crippen LogP contribution in [0.5, 0.6) is 0 Å². The Labute approximate surface area is 137 Å². The first-order chi connectivity index (χ1) is 11.1. The van der Waals surface area contributed by atoms with Crippen LogP contribution in [0.1, 0.15) is 18.4 Å². The second-order valence-corrected chi connectivity index (χ2v) is 6.96. The molecule has 0 atom stereocenters. The fourth-order valence-electron chi connectivity index (χ4n) is 2.56. The van der Waals surface area contributed by atoms with Crippen LogP contribution in [0.2, 0.25) is 0 Å². The minimum atomic E-state index is -0.854. The Kier molecular flexibility index (Phi) is 3.09. The number of carbonyl (C=O) groups is 1. The van der Waals surface area contributed by atoms with E-state index in [1.165, 1.54) is 11.9 Å². The van der Waals surface area contributed by atoms with Crippen LogP contribution in [0, 0.1) is 6.92 Å². The molecule has 2 aromatic heterocycles. The van der Waals surface area contributed by atoms with E-state index < -0.39 is 11.5 Å². The van der Waals surface area contributed by atoms with E-state index in [0.717, 1.165) is 20.7 Å². The van der Waals surface area contributed by atoms with Crippen molar-refractivity contribution < 1.29 is 9.90 Å². The number of carboxylic acid groups (broad SMARTS) is 1. The number of hydrogen-bond donors (Lipinski definition) is 2. The summed E-state index contributed by atoms with van der Waals surface area (Å²) >= 11 is 1.59. The number of hydrogen-bond acceptors (Lipinski definition) is 5. The Morgan fingerprint density at radius 3 is 2.65 bits per heavy atom. The maximum Gasteiger partial charge on any atom is 0.329 e. The molecule has 2 heterocycles. The van der Waals surface area contributed by atoms with E-state index >= 15 is 0 Å². The maximum atomic E-state index is 11.4. The number of carboxylic acids is 1. The van der Waals surface area contributed by atoms with Gasteiger partial charge >= 0.3 is 5.97 Å². The fourth-order valence-corrected chi connectivity index (χ4v) is 3.56. The van der Waals surface area contributed by atoms with Crippen LogP contribution in [0.3, 0.4) is 0 Å². The molecular formula is C17H15N3O2S. The zero-order valence-electron chi connectivity index (χ0n) is 12.5. The summed E-state index contributed by atoms with van der Waals surface area (Å²) in [4.78, 5) is 21.9. The Morgan fingerprint density at radius 2 is 2.00 bits per heavy atom. The van der Waals surface area contributed by atoms with Crippen molar-refractivity contribution in [1.82, 2.24) is 9.97 Å². The highest BCUT2D eigenvalue weighted by Gasteiger charge is 2.51. The minimum Gasteiger partial charge on any atom is -0.480 e. The number of rotatable bonds is 4. The summed E-state index contributed by atoms with van der Waals surface area (Å²) in [6, 6.07) is 10.4. The first-order valence-corrected chi connectivity index (χ1v) is 8.22. The quantitative estimate of drug-likeness (QED) is 0.765. The summed E-state index contributed by atoms with van der Waals surface area (Å²) in [5, 5.41) is 13.3. The van der Waals surface area contributed by atoms with Crippen molar-refractivity contribution in [3.8, 4) is 10.4 Å². The molecule has 0 spiro atoms. The van der Waals surface area contributed by atoms with Crippen LogP contribution in [-0.2, 0) is 4.79 Å². The highest BCUT2D eigenvalue weighted by atomic mass is 32.1. The molecule has 0 radical (unpaired) electrons. The van der Waals surface area contributed by atoms with Crippen LogP contribution < -0.4 is 5.32 Å². The van der Waals surface area contributed by atoms with Gasteiger partial charge in [0.2, 0.25) is 0 Å². The van der Waals surface area contributed by atoms with E-state index in [9.17, 15) is 9.90 Å². The molecule has 3 aromatic rings. The largest absolute Gasteiger partial charge is 0.480 e.